The van der Waals surface area contributed by atoms with Gasteiger partial charge in [0.15, 0.2) is 0 Å². The van der Waals surface area contributed by atoms with E-state index in [0.29, 0.717) is 17.9 Å². The third-order valence-corrected chi connectivity index (χ3v) is 3.11. The number of carbonyl (C=O) groups excluding carboxylic acids is 1. The Hall–Kier alpha value is -2.11. The van der Waals surface area contributed by atoms with Gasteiger partial charge in [-0.15, -0.1) is 0 Å². The number of aliphatic carboxylic acids is 1. The van der Waals surface area contributed by atoms with E-state index in [9.17, 15) is 9.59 Å². The van der Waals surface area contributed by atoms with E-state index < -0.39 is 11.9 Å². The SMILES string of the molecule is Cc1ccc(C(N)=O)c(N(CCC(=O)O)C2CC2)n1. The highest BCUT2D eigenvalue weighted by Gasteiger charge is 2.32. The minimum Gasteiger partial charge on any atom is -0.481 e. The molecule has 19 heavy (non-hydrogen) atoms. The smallest absolute Gasteiger partial charge is 0.305 e. The molecule has 6 nitrogen and oxygen atoms in total. The van der Waals surface area contributed by atoms with E-state index in [2.05, 4.69) is 4.98 Å². The molecule has 1 aromatic heterocycles. The number of anilines is 1. The molecule has 0 bridgehead atoms. The van der Waals surface area contributed by atoms with Gasteiger partial charge in [0.05, 0.1) is 12.0 Å². The molecule has 1 heterocycles. The van der Waals surface area contributed by atoms with Gasteiger partial charge in [-0.2, -0.15) is 0 Å². The van der Waals surface area contributed by atoms with Crippen molar-refractivity contribution in [2.24, 2.45) is 5.73 Å². The van der Waals surface area contributed by atoms with Crippen LogP contribution in [0.2, 0.25) is 0 Å². The summed E-state index contributed by atoms with van der Waals surface area (Å²) in [5.41, 5.74) is 6.49. The molecule has 0 unspecified atom stereocenters. The van der Waals surface area contributed by atoms with Crippen LogP contribution < -0.4 is 10.6 Å². The molecular weight excluding hydrogens is 246 g/mol. The number of aryl methyl sites for hydroxylation is 1. The van der Waals surface area contributed by atoms with Crippen LogP contribution in [0.3, 0.4) is 0 Å². The maximum atomic E-state index is 11.5. The molecule has 3 N–H and O–H groups in total. The van der Waals surface area contributed by atoms with Gasteiger partial charge in [-0.1, -0.05) is 0 Å². The van der Waals surface area contributed by atoms with Crippen LogP contribution in [0.1, 0.15) is 35.3 Å². The van der Waals surface area contributed by atoms with E-state index >= 15 is 0 Å². The van der Waals surface area contributed by atoms with Crippen molar-refractivity contribution in [2.75, 3.05) is 11.4 Å². The van der Waals surface area contributed by atoms with Crippen molar-refractivity contribution in [2.45, 2.75) is 32.2 Å². The van der Waals surface area contributed by atoms with Gasteiger partial charge in [0.2, 0.25) is 0 Å². The predicted octanol–water partition coefficient (Wildman–Crippen LogP) is 0.932. The zero-order valence-corrected chi connectivity index (χ0v) is 10.8. The Morgan fingerprint density at radius 2 is 2.16 bits per heavy atom. The summed E-state index contributed by atoms with van der Waals surface area (Å²) in [7, 11) is 0. The number of hydrogen-bond acceptors (Lipinski definition) is 4. The number of rotatable bonds is 6. The van der Waals surface area contributed by atoms with E-state index in [0.717, 1.165) is 18.5 Å². The van der Waals surface area contributed by atoms with E-state index in [1.807, 2.05) is 11.8 Å². The van der Waals surface area contributed by atoms with Crippen LogP contribution in [0.15, 0.2) is 12.1 Å². The summed E-state index contributed by atoms with van der Waals surface area (Å²) in [4.78, 5) is 28.4. The molecule has 0 radical (unpaired) electrons. The number of nitrogens with zero attached hydrogens (tertiary/aromatic N) is 2. The number of carbonyl (C=O) groups is 2. The number of nitrogens with two attached hydrogens (primary N) is 1. The Bertz CT molecular complexity index is 512. The molecule has 0 aliphatic heterocycles. The number of amides is 1. The molecule has 1 saturated carbocycles. The fraction of sp³-hybridized carbons (Fsp3) is 0.462. The second kappa shape index (κ2) is 5.26. The number of pyridine rings is 1. The average Bonchev–Trinajstić information content (AvgIpc) is 3.13. The lowest BCUT2D eigenvalue weighted by atomic mass is 10.2. The lowest BCUT2D eigenvalue weighted by Crippen LogP contribution is -2.32. The average molecular weight is 263 g/mol. The summed E-state index contributed by atoms with van der Waals surface area (Å²) >= 11 is 0. The van der Waals surface area contributed by atoms with Gasteiger partial charge in [0.25, 0.3) is 5.91 Å². The summed E-state index contributed by atoms with van der Waals surface area (Å²) < 4.78 is 0. The Morgan fingerprint density at radius 1 is 1.47 bits per heavy atom. The van der Waals surface area contributed by atoms with E-state index in [4.69, 9.17) is 10.8 Å². The van der Waals surface area contributed by atoms with Gasteiger partial charge in [0.1, 0.15) is 5.82 Å². The number of hydrogen-bond donors (Lipinski definition) is 2. The Balaban J connectivity index is 2.32. The van der Waals surface area contributed by atoms with Crippen LogP contribution in [-0.2, 0) is 4.79 Å². The van der Waals surface area contributed by atoms with Crippen LogP contribution in [-0.4, -0.2) is 34.6 Å². The molecule has 2 rings (SSSR count). The maximum absolute atomic E-state index is 11.5. The van der Waals surface area contributed by atoms with Gasteiger partial charge in [0, 0.05) is 18.3 Å². The summed E-state index contributed by atoms with van der Waals surface area (Å²) in [6.45, 7) is 2.17. The second-order valence-corrected chi connectivity index (χ2v) is 4.76. The first-order valence-corrected chi connectivity index (χ1v) is 6.25. The topological polar surface area (TPSA) is 96.5 Å². The van der Waals surface area contributed by atoms with E-state index in [1.54, 1.807) is 12.1 Å². The molecule has 1 aromatic rings. The highest BCUT2D eigenvalue weighted by atomic mass is 16.4. The molecule has 102 valence electrons. The van der Waals surface area contributed by atoms with E-state index in [-0.39, 0.29) is 12.5 Å². The highest BCUT2D eigenvalue weighted by molar-refractivity contribution is 5.97. The van der Waals surface area contributed by atoms with Gasteiger partial charge >= 0.3 is 5.97 Å². The van der Waals surface area contributed by atoms with Crippen LogP contribution >= 0.6 is 0 Å². The molecule has 0 saturated heterocycles. The quantitative estimate of drug-likeness (QED) is 0.796. The van der Waals surface area contributed by atoms with Gasteiger partial charge in [-0.25, -0.2) is 4.98 Å². The Labute approximate surface area is 111 Å². The molecule has 1 aliphatic carbocycles. The van der Waals surface area contributed by atoms with Crippen molar-refractivity contribution >= 4 is 17.7 Å². The fourth-order valence-electron chi connectivity index (χ4n) is 2.02. The molecule has 6 heteroatoms. The first-order valence-electron chi connectivity index (χ1n) is 6.25. The number of carboxylic acids is 1. The lowest BCUT2D eigenvalue weighted by molar-refractivity contribution is -0.136. The molecular formula is C13H17N3O3. The molecule has 1 fully saturated rings. The van der Waals surface area contributed by atoms with Crippen molar-refractivity contribution in [1.29, 1.82) is 0 Å². The van der Waals surface area contributed by atoms with Gasteiger partial charge in [-0.05, 0) is 31.9 Å². The van der Waals surface area contributed by atoms with Crippen molar-refractivity contribution in [3.8, 4) is 0 Å². The zero-order valence-electron chi connectivity index (χ0n) is 10.8. The molecule has 0 aromatic carbocycles. The van der Waals surface area contributed by atoms with E-state index in [1.165, 1.54) is 0 Å². The minimum atomic E-state index is -0.862. The molecule has 0 atom stereocenters. The van der Waals surface area contributed by atoms with Crippen LogP contribution in [0.5, 0.6) is 0 Å². The third kappa shape index (κ3) is 3.21. The summed E-state index contributed by atoms with van der Waals surface area (Å²) in [6.07, 6.45) is 2.01. The van der Waals surface area contributed by atoms with Crippen LogP contribution in [0, 0.1) is 6.92 Å². The van der Waals surface area contributed by atoms with Crippen molar-refractivity contribution in [3.05, 3.63) is 23.4 Å². The Kier molecular flexibility index (Phi) is 3.69. The highest BCUT2D eigenvalue weighted by Crippen LogP contribution is 2.32. The number of primary amides is 1. The second-order valence-electron chi connectivity index (χ2n) is 4.76. The van der Waals surface area contributed by atoms with Gasteiger partial charge in [-0.3, -0.25) is 9.59 Å². The monoisotopic (exact) mass is 263 g/mol. The largest absolute Gasteiger partial charge is 0.481 e. The standard InChI is InChI=1S/C13H17N3O3/c1-8-2-5-10(12(14)19)13(15-8)16(9-3-4-9)7-6-11(17)18/h2,5,9H,3-4,6-7H2,1H3,(H2,14,19)(H,17,18). The van der Waals surface area contributed by atoms with Crippen molar-refractivity contribution in [1.82, 2.24) is 4.98 Å². The first kappa shape index (κ1) is 13.3. The zero-order chi connectivity index (χ0) is 14.0. The van der Waals surface area contributed by atoms with Crippen LogP contribution in [0.4, 0.5) is 5.82 Å². The first-order chi connectivity index (χ1) is 8.99. The number of carboxylic acid groups (broad SMARTS) is 1. The molecule has 0 spiro atoms. The van der Waals surface area contributed by atoms with Crippen LogP contribution in [0.25, 0.3) is 0 Å². The van der Waals surface area contributed by atoms with Crippen molar-refractivity contribution in [3.63, 3.8) is 0 Å². The lowest BCUT2D eigenvalue weighted by Gasteiger charge is -2.24. The Morgan fingerprint density at radius 3 is 2.68 bits per heavy atom. The minimum absolute atomic E-state index is 0.0182. The van der Waals surface area contributed by atoms with Gasteiger partial charge < -0.3 is 15.7 Å². The molecule has 1 amide bonds. The summed E-state index contributed by atoms with van der Waals surface area (Å²) in [5, 5.41) is 8.81. The normalized spacial score (nSPS) is 14.2. The third-order valence-electron chi connectivity index (χ3n) is 3.11. The number of aromatic nitrogens is 1. The predicted molar refractivity (Wildman–Crippen MR) is 70.1 cm³/mol. The summed E-state index contributed by atoms with van der Waals surface area (Å²) in [6, 6.07) is 3.65. The summed E-state index contributed by atoms with van der Waals surface area (Å²) in [5.74, 6) is -0.890. The van der Waals surface area contributed by atoms with Crippen molar-refractivity contribution < 1.29 is 14.7 Å². The molecule has 1 aliphatic rings. The fourth-order valence-corrected chi connectivity index (χ4v) is 2.02. The maximum Gasteiger partial charge on any atom is 0.305 e.